The molecular weight excluding hydrogens is 314 g/mol. The number of benzene rings is 1. The minimum atomic E-state index is 0.118. The van der Waals surface area contributed by atoms with Gasteiger partial charge in [0.25, 0.3) is 0 Å². The Bertz CT molecular complexity index is 416. The van der Waals surface area contributed by atoms with Crippen LogP contribution in [0.1, 0.15) is 31.4 Å². The van der Waals surface area contributed by atoms with Gasteiger partial charge in [-0.3, -0.25) is 4.90 Å². The molecule has 0 aromatic heterocycles. The van der Waals surface area contributed by atoms with Crippen molar-refractivity contribution >= 4 is 15.9 Å². The zero-order valence-corrected chi connectivity index (χ0v) is 14.1. The third-order valence-corrected chi connectivity index (χ3v) is 4.62. The van der Waals surface area contributed by atoms with E-state index in [0.29, 0.717) is 0 Å². The highest BCUT2D eigenvalue weighted by atomic mass is 79.9. The fraction of sp³-hybridized carbons (Fsp3) is 0.625. The number of hydrogen-bond donors (Lipinski definition) is 1. The van der Waals surface area contributed by atoms with Gasteiger partial charge >= 0.3 is 0 Å². The molecule has 4 heteroatoms. The Labute approximate surface area is 131 Å². The van der Waals surface area contributed by atoms with Gasteiger partial charge in [0.2, 0.25) is 0 Å². The van der Waals surface area contributed by atoms with Crippen molar-refractivity contribution < 1.29 is 0 Å². The molecule has 0 amide bonds. The molecule has 1 aromatic carbocycles. The zero-order chi connectivity index (χ0) is 14.5. The van der Waals surface area contributed by atoms with Gasteiger partial charge in [-0.05, 0) is 57.6 Å². The van der Waals surface area contributed by atoms with Gasteiger partial charge in [0.15, 0.2) is 0 Å². The predicted octanol–water partition coefficient (Wildman–Crippen LogP) is 2.87. The van der Waals surface area contributed by atoms with Gasteiger partial charge in [-0.1, -0.05) is 28.1 Å². The monoisotopic (exact) mass is 339 g/mol. The van der Waals surface area contributed by atoms with Crippen LogP contribution in [0, 0.1) is 0 Å². The fourth-order valence-corrected chi connectivity index (χ4v) is 3.51. The van der Waals surface area contributed by atoms with Crippen molar-refractivity contribution in [2.24, 2.45) is 5.73 Å². The van der Waals surface area contributed by atoms with E-state index in [0.717, 1.165) is 17.6 Å². The molecule has 1 saturated heterocycles. The van der Waals surface area contributed by atoms with E-state index in [4.69, 9.17) is 5.73 Å². The van der Waals surface area contributed by atoms with Crippen LogP contribution >= 0.6 is 15.9 Å². The van der Waals surface area contributed by atoms with Gasteiger partial charge < -0.3 is 10.6 Å². The topological polar surface area (TPSA) is 32.5 Å². The van der Waals surface area contributed by atoms with Crippen LogP contribution in [0.3, 0.4) is 0 Å². The Hall–Kier alpha value is -0.420. The standard InChI is InChI=1S/C16H26BrN3/c1-13(18)16(14-6-5-7-15(17)12-14)19(2)10-11-20-8-3-4-9-20/h5-7,12-13,16H,3-4,8-11,18H2,1-2H3. The van der Waals surface area contributed by atoms with Crippen molar-refractivity contribution in [3.63, 3.8) is 0 Å². The van der Waals surface area contributed by atoms with Gasteiger partial charge in [0.1, 0.15) is 0 Å². The van der Waals surface area contributed by atoms with Crippen molar-refractivity contribution in [1.29, 1.82) is 0 Å². The lowest BCUT2D eigenvalue weighted by Crippen LogP contribution is -2.40. The molecule has 0 spiro atoms. The summed E-state index contributed by atoms with van der Waals surface area (Å²) in [5, 5.41) is 0. The van der Waals surface area contributed by atoms with Crippen LogP contribution in [0.25, 0.3) is 0 Å². The maximum Gasteiger partial charge on any atom is 0.0494 e. The van der Waals surface area contributed by atoms with Crippen LogP contribution in [0.15, 0.2) is 28.7 Å². The Morgan fingerprint density at radius 3 is 2.65 bits per heavy atom. The highest BCUT2D eigenvalue weighted by Crippen LogP contribution is 2.25. The van der Waals surface area contributed by atoms with Gasteiger partial charge in [0, 0.05) is 29.6 Å². The molecule has 1 aromatic rings. The number of halogens is 1. The second-order valence-corrected chi connectivity index (χ2v) is 6.80. The van der Waals surface area contributed by atoms with E-state index in [9.17, 15) is 0 Å². The van der Waals surface area contributed by atoms with E-state index in [2.05, 4.69) is 64.0 Å². The lowest BCUT2D eigenvalue weighted by Gasteiger charge is -2.32. The Morgan fingerprint density at radius 1 is 1.35 bits per heavy atom. The summed E-state index contributed by atoms with van der Waals surface area (Å²) in [5.74, 6) is 0. The maximum absolute atomic E-state index is 6.23. The molecule has 1 aliphatic heterocycles. The molecule has 2 atom stereocenters. The van der Waals surface area contributed by atoms with E-state index in [1.165, 1.54) is 31.5 Å². The molecular formula is C16H26BrN3. The SMILES string of the molecule is CC(N)C(c1cccc(Br)c1)N(C)CCN1CCCC1. The Balaban J connectivity index is 1.99. The summed E-state index contributed by atoms with van der Waals surface area (Å²) >= 11 is 3.55. The van der Waals surface area contributed by atoms with Crippen LogP contribution < -0.4 is 5.73 Å². The number of rotatable bonds is 6. The van der Waals surface area contributed by atoms with Crippen LogP contribution in [-0.2, 0) is 0 Å². The number of nitrogens with two attached hydrogens (primary N) is 1. The molecule has 1 fully saturated rings. The molecule has 1 heterocycles. The van der Waals surface area contributed by atoms with E-state index in [-0.39, 0.29) is 12.1 Å². The average molecular weight is 340 g/mol. The van der Waals surface area contributed by atoms with Crippen molar-refractivity contribution in [3.05, 3.63) is 34.3 Å². The molecule has 2 N–H and O–H groups in total. The molecule has 0 radical (unpaired) electrons. The molecule has 2 rings (SSSR count). The molecule has 20 heavy (non-hydrogen) atoms. The minimum absolute atomic E-state index is 0.118. The Morgan fingerprint density at radius 2 is 2.05 bits per heavy atom. The van der Waals surface area contributed by atoms with Gasteiger partial charge in [-0.25, -0.2) is 0 Å². The normalized spacial score (nSPS) is 19.4. The first-order valence-corrected chi connectivity index (χ1v) is 8.31. The second-order valence-electron chi connectivity index (χ2n) is 5.89. The summed E-state index contributed by atoms with van der Waals surface area (Å²) in [5.41, 5.74) is 7.52. The quantitative estimate of drug-likeness (QED) is 0.864. The summed E-state index contributed by atoms with van der Waals surface area (Å²) < 4.78 is 1.12. The summed E-state index contributed by atoms with van der Waals surface area (Å²) in [6, 6.07) is 8.89. The first-order chi connectivity index (χ1) is 9.58. The van der Waals surface area contributed by atoms with Gasteiger partial charge in [-0.2, -0.15) is 0 Å². The minimum Gasteiger partial charge on any atom is -0.326 e. The van der Waals surface area contributed by atoms with Crippen LogP contribution in [0.5, 0.6) is 0 Å². The highest BCUT2D eigenvalue weighted by molar-refractivity contribution is 9.10. The molecule has 2 unspecified atom stereocenters. The number of nitrogens with zero attached hydrogens (tertiary/aromatic N) is 2. The van der Waals surface area contributed by atoms with E-state index in [1.54, 1.807) is 0 Å². The fourth-order valence-electron chi connectivity index (χ4n) is 3.09. The molecule has 1 aliphatic rings. The van der Waals surface area contributed by atoms with Crippen LogP contribution in [0.2, 0.25) is 0 Å². The van der Waals surface area contributed by atoms with Crippen molar-refractivity contribution in [1.82, 2.24) is 9.80 Å². The molecule has 112 valence electrons. The molecule has 3 nitrogen and oxygen atoms in total. The van der Waals surface area contributed by atoms with Crippen LogP contribution in [0.4, 0.5) is 0 Å². The summed E-state index contributed by atoms with van der Waals surface area (Å²) in [7, 11) is 2.19. The zero-order valence-electron chi connectivity index (χ0n) is 12.6. The molecule has 0 saturated carbocycles. The second kappa shape index (κ2) is 7.55. The van der Waals surface area contributed by atoms with Crippen molar-refractivity contribution in [2.75, 3.05) is 33.2 Å². The van der Waals surface area contributed by atoms with Crippen molar-refractivity contribution in [2.45, 2.75) is 31.8 Å². The van der Waals surface area contributed by atoms with Crippen molar-refractivity contribution in [3.8, 4) is 0 Å². The largest absolute Gasteiger partial charge is 0.326 e. The first-order valence-electron chi connectivity index (χ1n) is 7.51. The summed E-state index contributed by atoms with van der Waals surface area (Å²) in [6.07, 6.45) is 2.71. The van der Waals surface area contributed by atoms with Gasteiger partial charge in [0.05, 0.1) is 0 Å². The van der Waals surface area contributed by atoms with Gasteiger partial charge in [-0.15, -0.1) is 0 Å². The van der Waals surface area contributed by atoms with E-state index in [1.807, 2.05) is 0 Å². The van der Waals surface area contributed by atoms with E-state index >= 15 is 0 Å². The highest BCUT2D eigenvalue weighted by Gasteiger charge is 2.22. The number of likely N-dealkylation sites (tertiary alicyclic amines) is 1. The third-order valence-electron chi connectivity index (χ3n) is 4.13. The lowest BCUT2D eigenvalue weighted by atomic mass is 10.00. The number of hydrogen-bond acceptors (Lipinski definition) is 3. The summed E-state index contributed by atoms with van der Waals surface area (Å²) in [6.45, 7) is 6.82. The lowest BCUT2D eigenvalue weighted by molar-refractivity contribution is 0.188. The van der Waals surface area contributed by atoms with Crippen LogP contribution in [-0.4, -0.2) is 49.1 Å². The third kappa shape index (κ3) is 4.29. The maximum atomic E-state index is 6.23. The van der Waals surface area contributed by atoms with E-state index < -0.39 is 0 Å². The predicted molar refractivity (Wildman–Crippen MR) is 88.8 cm³/mol. The molecule has 0 aliphatic carbocycles. The number of likely N-dealkylation sites (N-methyl/N-ethyl adjacent to an activating group) is 1. The molecule has 0 bridgehead atoms. The summed E-state index contributed by atoms with van der Waals surface area (Å²) in [4.78, 5) is 4.94. The Kier molecular flexibility index (Phi) is 6.02. The first kappa shape index (κ1) is 16.0. The average Bonchev–Trinajstić information content (AvgIpc) is 2.89. The smallest absolute Gasteiger partial charge is 0.0494 e.